The Morgan fingerprint density at radius 1 is 1.38 bits per heavy atom. The Kier molecular flexibility index (Phi) is 5.58. The highest BCUT2D eigenvalue weighted by molar-refractivity contribution is 9.10. The summed E-state index contributed by atoms with van der Waals surface area (Å²) in [7, 11) is 0. The molecule has 0 saturated heterocycles. The van der Waals surface area contributed by atoms with E-state index in [-0.39, 0.29) is 23.7 Å². The molecule has 0 aliphatic carbocycles. The number of nitrogens with two attached hydrogens (primary N) is 1. The van der Waals surface area contributed by atoms with Crippen LogP contribution in [0.25, 0.3) is 0 Å². The minimum Gasteiger partial charge on any atom is -0.508 e. The summed E-state index contributed by atoms with van der Waals surface area (Å²) in [6.45, 7) is 0. The normalized spacial score (nSPS) is 13.1. The molecule has 0 heterocycles. The van der Waals surface area contributed by atoms with Crippen LogP contribution in [-0.2, 0) is 0 Å². The highest BCUT2D eigenvalue weighted by Crippen LogP contribution is 2.33. The molecule has 1 atom stereocenters. The summed E-state index contributed by atoms with van der Waals surface area (Å²) in [6, 6.07) is 2.96. The summed E-state index contributed by atoms with van der Waals surface area (Å²) in [5.41, 5.74) is 5.43. The van der Waals surface area contributed by atoms with Crippen molar-refractivity contribution in [3.63, 3.8) is 0 Å². The van der Waals surface area contributed by atoms with Gasteiger partial charge in [0.2, 0.25) is 0 Å². The molecule has 16 heavy (non-hydrogen) atoms. The summed E-state index contributed by atoms with van der Waals surface area (Å²) < 4.78 is 36.7. The molecule has 0 fully saturated rings. The third kappa shape index (κ3) is 4.59. The number of hydrogen-bond acceptors (Lipinski definition) is 2. The van der Waals surface area contributed by atoms with Gasteiger partial charge in [0.25, 0.3) is 0 Å². The van der Waals surface area contributed by atoms with E-state index in [2.05, 4.69) is 15.9 Å². The molecule has 0 amide bonds. The first-order valence-electron chi connectivity index (χ1n) is 4.10. The summed E-state index contributed by atoms with van der Waals surface area (Å²) in [5.74, 6) is -0.227. The molecular weight excluding hydrogens is 310 g/mol. The Morgan fingerprint density at radius 3 is 2.44 bits per heavy atom. The second kappa shape index (κ2) is 5.75. The van der Waals surface area contributed by atoms with E-state index in [4.69, 9.17) is 5.73 Å². The minimum atomic E-state index is -4.34. The van der Waals surface area contributed by atoms with E-state index in [9.17, 15) is 18.3 Å². The number of halogens is 5. The van der Waals surface area contributed by atoms with E-state index >= 15 is 0 Å². The van der Waals surface area contributed by atoms with Gasteiger partial charge in [-0.25, -0.2) is 0 Å². The third-order valence-corrected chi connectivity index (χ3v) is 2.33. The molecule has 0 aliphatic heterocycles. The maximum atomic E-state index is 12.1. The second-order valence-electron chi connectivity index (χ2n) is 3.13. The number of aromatic hydroxyl groups is 1. The molecule has 0 spiro atoms. The third-order valence-electron chi connectivity index (χ3n) is 1.84. The van der Waals surface area contributed by atoms with Gasteiger partial charge in [-0.15, -0.1) is 12.4 Å². The zero-order valence-corrected chi connectivity index (χ0v) is 10.4. The van der Waals surface area contributed by atoms with Gasteiger partial charge in [-0.2, -0.15) is 13.2 Å². The van der Waals surface area contributed by atoms with Gasteiger partial charge < -0.3 is 10.8 Å². The Hall–Kier alpha value is -0.460. The van der Waals surface area contributed by atoms with Crippen molar-refractivity contribution in [2.24, 2.45) is 5.73 Å². The fraction of sp³-hybridized carbons (Fsp3) is 0.333. The number of benzene rings is 1. The van der Waals surface area contributed by atoms with E-state index in [1.807, 2.05) is 0 Å². The van der Waals surface area contributed by atoms with Gasteiger partial charge in [-0.05, 0) is 18.2 Å². The van der Waals surface area contributed by atoms with Crippen LogP contribution in [0.5, 0.6) is 5.75 Å². The zero-order valence-electron chi connectivity index (χ0n) is 7.96. The lowest BCUT2D eigenvalue weighted by Gasteiger charge is -2.15. The highest BCUT2D eigenvalue weighted by atomic mass is 79.9. The molecule has 0 aromatic heterocycles. The predicted octanol–water partition coefficient (Wildman–Crippen LogP) is 3.53. The van der Waals surface area contributed by atoms with Crippen LogP contribution in [0.4, 0.5) is 13.2 Å². The van der Waals surface area contributed by atoms with Crippen LogP contribution in [0.3, 0.4) is 0 Å². The van der Waals surface area contributed by atoms with E-state index in [0.717, 1.165) is 0 Å². The van der Waals surface area contributed by atoms with Crippen molar-refractivity contribution in [3.05, 3.63) is 28.2 Å². The first kappa shape index (κ1) is 15.5. The molecule has 0 aliphatic rings. The van der Waals surface area contributed by atoms with Crippen LogP contribution in [0.1, 0.15) is 18.0 Å². The van der Waals surface area contributed by atoms with Crippen molar-refractivity contribution in [2.45, 2.75) is 18.6 Å². The molecule has 3 N–H and O–H groups in total. The van der Waals surface area contributed by atoms with Crippen molar-refractivity contribution in [1.29, 1.82) is 0 Å². The Labute approximate surface area is 105 Å². The monoisotopic (exact) mass is 319 g/mol. The van der Waals surface area contributed by atoms with Gasteiger partial charge in [0.15, 0.2) is 0 Å². The summed E-state index contributed by atoms with van der Waals surface area (Å²) in [5, 5.41) is 9.33. The fourth-order valence-corrected chi connectivity index (χ4v) is 1.56. The lowest BCUT2D eigenvalue weighted by molar-refractivity contribution is -0.138. The molecule has 2 nitrogen and oxygen atoms in total. The van der Waals surface area contributed by atoms with Gasteiger partial charge in [-0.3, -0.25) is 0 Å². The average molecular weight is 321 g/mol. The van der Waals surface area contributed by atoms with Crippen LogP contribution >= 0.6 is 28.3 Å². The van der Waals surface area contributed by atoms with Crippen molar-refractivity contribution in [2.75, 3.05) is 0 Å². The summed E-state index contributed by atoms with van der Waals surface area (Å²) >= 11 is 3.10. The fourth-order valence-electron chi connectivity index (χ4n) is 1.18. The van der Waals surface area contributed by atoms with Crippen molar-refractivity contribution >= 4 is 28.3 Å². The Morgan fingerprint density at radius 2 is 1.94 bits per heavy atom. The van der Waals surface area contributed by atoms with E-state index in [0.29, 0.717) is 4.47 Å². The number of hydrogen-bond donors (Lipinski definition) is 2. The van der Waals surface area contributed by atoms with Crippen molar-refractivity contribution < 1.29 is 18.3 Å². The lowest BCUT2D eigenvalue weighted by atomic mass is 10.0. The maximum Gasteiger partial charge on any atom is 0.390 e. The van der Waals surface area contributed by atoms with Crippen LogP contribution in [0.2, 0.25) is 0 Å². The van der Waals surface area contributed by atoms with Crippen LogP contribution in [0, 0.1) is 0 Å². The molecule has 1 aromatic carbocycles. The average Bonchev–Trinajstić information content (AvgIpc) is 2.06. The van der Waals surface area contributed by atoms with Gasteiger partial charge in [0, 0.05) is 16.1 Å². The van der Waals surface area contributed by atoms with Crippen LogP contribution < -0.4 is 5.73 Å². The number of phenolic OH excluding ortho intramolecular Hbond substituents is 1. The topological polar surface area (TPSA) is 46.2 Å². The molecule has 0 radical (unpaired) electrons. The molecule has 7 heteroatoms. The SMILES string of the molecule is Cl.N[C@@H](CC(F)(F)F)c1cc(Br)ccc1O. The molecule has 1 aromatic rings. The number of rotatable bonds is 2. The van der Waals surface area contributed by atoms with Crippen molar-refractivity contribution in [3.8, 4) is 5.75 Å². The zero-order chi connectivity index (χ0) is 11.6. The van der Waals surface area contributed by atoms with E-state index < -0.39 is 18.6 Å². The predicted molar refractivity (Wildman–Crippen MR) is 60.7 cm³/mol. The molecule has 0 saturated carbocycles. The highest BCUT2D eigenvalue weighted by Gasteiger charge is 2.31. The standard InChI is InChI=1S/C9H9BrF3NO.ClH/c10-5-1-2-8(15)6(3-5)7(14)4-9(11,12)13;/h1-3,7,15H,4,14H2;1H/t7-;/m0./s1. The molecule has 92 valence electrons. The van der Waals surface area contributed by atoms with Crippen LogP contribution in [-0.4, -0.2) is 11.3 Å². The van der Waals surface area contributed by atoms with Crippen molar-refractivity contribution in [1.82, 2.24) is 0 Å². The number of alkyl halides is 3. The largest absolute Gasteiger partial charge is 0.508 e. The second-order valence-corrected chi connectivity index (χ2v) is 4.04. The van der Waals surface area contributed by atoms with Gasteiger partial charge in [0.1, 0.15) is 5.75 Å². The van der Waals surface area contributed by atoms with Gasteiger partial charge in [-0.1, -0.05) is 15.9 Å². The minimum absolute atomic E-state index is 0. The molecule has 1 rings (SSSR count). The summed E-state index contributed by atoms with van der Waals surface area (Å²) in [6.07, 6.45) is -5.49. The van der Waals surface area contributed by atoms with E-state index in [1.54, 1.807) is 0 Å². The first-order valence-corrected chi connectivity index (χ1v) is 4.89. The lowest BCUT2D eigenvalue weighted by Crippen LogP contribution is -2.20. The molecule has 0 bridgehead atoms. The Balaban J connectivity index is 0.00000225. The summed E-state index contributed by atoms with van der Waals surface area (Å²) in [4.78, 5) is 0. The van der Waals surface area contributed by atoms with Gasteiger partial charge in [0.05, 0.1) is 6.42 Å². The molecule has 0 unspecified atom stereocenters. The quantitative estimate of drug-likeness (QED) is 0.875. The smallest absolute Gasteiger partial charge is 0.390 e. The van der Waals surface area contributed by atoms with E-state index in [1.165, 1.54) is 18.2 Å². The molecular formula is C9H10BrClF3NO. The first-order chi connectivity index (χ1) is 6.79. The van der Waals surface area contributed by atoms with Gasteiger partial charge >= 0.3 is 6.18 Å². The number of phenols is 1. The maximum absolute atomic E-state index is 12.1. The Bertz CT molecular complexity index is 359. The van der Waals surface area contributed by atoms with Crippen LogP contribution in [0.15, 0.2) is 22.7 Å².